The molecule has 0 aliphatic heterocycles. The molecule has 1 amide bonds. The summed E-state index contributed by atoms with van der Waals surface area (Å²) < 4.78 is 0. The second-order valence-corrected chi connectivity index (χ2v) is 5.38. The summed E-state index contributed by atoms with van der Waals surface area (Å²) in [4.78, 5) is 24.5. The lowest BCUT2D eigenvalue weighted by Gasteiger charge is -2.27. The molecule has 0 aliphatic carbocycles. The molecule has 0 spiro atoms. The molecule has 0 fully saturated rings. The Morgan fingerprint density at radius 1 is 1.28 bits per heavy atom. The second kappa shape index (κ2) is 7.90. The molecule has 0 saturated carbocycles. The van der Waals surface area contributed by atoms with Gasteiger partial charge in [0.25, 0.3) is 0 Å². The van der Waals surface area contributed by atoms with Crippen molar-refractivity contribution in [2.24, 2.45) is 11.8 Å². The number of allylic oxidation sites excluding steroid dienone is 1. The van der Waals surface area contributed by atoms with Gasteiger partial charge in [0.2, 0.25) is 5.91 Å². The van der Waals surface area contributed by atoms with E-state index in [4.69, 9.17) is 5.11 Å². The normalized spacial score (nSPS) is 12.3. The van der Waals surface area contributed by atoms with Gasteiger partial charge >= 0.3 is 5.97 Å². The van der Waals surface area contributed by atoms with Crippen LogP contribution in [0, 0.1) is 11.8 Å². The predicted molar refractivity (Wildman–Crippen MR) is 72.3 cm³/mol. The summed E-state index contributed by atoms with van der Waals surface area (Å²) in [6.07, 6.45) is 0.652. The van der Waals surface area contributed by atoms with Gasteiger partial charge in [-0.05, 0) is 19.3 Å². The quantitative estimate of drug-likeness (QED) is 0.678. The van der Waals surface area contributed by atoms with Crippen molar-refractivity contribution in [3.8, 4) is 0 Å². The van der Waals surface area contributed by atoms with Gasteiger partial charge in [-0.15, -0.1) is 6.58 Å². The van der Waals surface area contributed by atoms with Crippen molar-refractivity contribution >= 4 is 11.9 Å². The molecule has 0 radical (unpaired) electrons. The number of amides is 1. The highest BCUT2D eigenvalue weighted by molar-refractivity contribution is 5.79. The van der Waals surface area contributed by atoms with E-state index in [2.05, 4.69) is 6.58 Å². The van der Waals surface area contributed by atoms with E-state index in [-0.39, 0.29) is 24.8 Å². The summed E-state index contributed by atoms with van der Waals surface area (Å²) in [5.74, 6) is -0.646. The number of rotatable bonds is 8. The number of aliphatic carboxylic acids is 1. The lowest BCUT2D eigenvalue weighted by Crippen LogP contribution is -2.39. The highest BCUT2D eigenvalue weighted by Crippen LogP contribution is 2.14. The number of carbonyl (C=O) groups is 2. The Bertz CT molecular complexity index is 310. The minimum Gasteiger partial charge on any atom is -0.481 e. The fourth-order valence-corrected chi connectivity index (χ4v) is 1.88. The number of carboxylic acids is 1. The van der Waals surface area contributed by atoms with Gasteiger partial charge in [-0.1, -0.05) is 26.3 Å². The van der Waals surface area contributed by atoms with E-state index in [9.17, 15) is 9.59 Å². The third kappa shape index (κ3) is 7.09. The molecule has 0 aromatic carbocycles. The average Bonchev–Trinajstić information content (AvgIpc) is 2.21. The molecular formula is C14H25NO3. The smallest absolute Gasteiger partial charge is 0.305 e. The van der Waals surface area contributed by atoms with Crippen LogP contribution in [0.1, 0.15) is 40.5 Å². The summed E-state index contributed by atoms with van der Waals surface area (Å²) in [6.45, 7) is 12.5. The fraction of sp³-hybridized carbons (Fsp3) is 0.714. The maximum atomic E-state index is 12.2. The van der Waals surface area contributed by atoms with Crippen LogP contribution in [0.2, 0.25) is 0 Å². The van der Waals surface area contributed by atoms with Crippen molar-refractivity contribution in [2.75, 3.05) is 13.1 Å². The van der Waals surface area contributed by atoms with E-state index in [0.717, 1.165) is 5.57 Å². The molecular weight excluding hydrogens is 230 g/mol. The van der Waals surface area contributed by atoms with Gasteiger partial charge in [0.05, 0.1) is 6.42 Å². The first-order valence-corrected chi connectivity index (χ1v) is 6.39. The second-order valence-electron chi connectivity index (χ2n) is 5.38. The highest BCUT2D eigenvalue weighted by atomic mass is 16.4. The molecule has 1 unspecified atom stereocenters. The van der Waals surface area contributed by atoms with E-state index in [1.165, 1.54) is 0 Å². The van der Waals surface area contributed by atoms with Crippen LogP contribution in [0.15, 0.2) is 12.2 Å². The lowest BCUT2D eigenvalue weighted by molar-refractivity contribution is -0.139. The molecule has 18 heavy (non-hydrogen) atoms. The van der Waals surface area contributed by atoms with Crippen LogP contribution in [0.5, 0.6) is 0 Å². The monoisotopic (exact) mass is 255 g/mol. The van der Waals surface area contributed by atoms with Crippen LogP contribution in [0.4, 0.5) is 0 Å². The molecule has 0 aromatic heterocycles. The van der Waals surface area contributed by atoms with Gasteiger partial charge < -0.3 is 10.0 Å². The fourth-order valence-electron chi connectivity index (χ4n) is 1.88. The van der Waals surface area contributed by atoms with Crippen molar-refractivity contribution in [1.29, 1.82) is 0 Å². The van der Waals surface area contributed by atoms with Crippen molar-refractivity contribution < 1.29 is 14.7 Å². The zero-order chi connectivity index (χ0) is 14.3. The molecule has 0 aromatic rings. The van der Waals surface area contributed by atoms with Crippen LogP contribution >= 0.6 is 0 Å². The van der Waals surface area contributed by atoms with E-state index in [1.54, 1.807) is 4.90 Å². The standard InChI is InChI=1S/C14H25NO3/c1-10(2)8-12(5)14(18)15(9-11(3)4)7-6-13(16)17/h11-12H,1,6-9H2,2-5H3,(H,16,17). The molecule has 0 heterocycles. The van der Waals surface area contributed by atoms with E-state index in [1.807, 2.05) is 27.7 Å². The molecule has 0 bridgehead atoms. The number of nitrogens with zero attached hydrogens (tertiary/aromatic N) is 1. The third-order valence-electron chi connectivity index (χ3n) is 2.57. The Balaban J connectivity index is 4.56. The first kappa shape index (κ1) is 16.7. The number of hydrogen-bond donors (Lipinski definition) is 1. The average molecular weight is 255 g/mol. The topological polar surface area (TPSA) is 57.6 Å². The van der Waals surface area contributed by atoms with E-state index >= 15 is 0 Å². The molecule has 0 aliphatic rings. The molecule has 1 N–H and O–H groups in total. The van der Waals surface area contributed by atoms with Crippen molar-refractivity contribution in [1.82, 2.24) is 4.90 Å². The van der Waals surface area contributed by atoms with Crippen molar-refractivity contribution in [3.63, 3.8) is 0 Å². The van der Waals surface area contributed by atoms with Crippen molar-refractivity contribution in [2.45, 2.75) is 40.5 Å². The molecule has 4 heteroatoms. The van der Waals surface area contributed by atoms with Crippen LogP contribution in [0.3, 0.4) is 0 Å². The number of carbonyl (C=O) groups excluding carboxylic acids is 1. The van der Waals surface area contributed by atoms with Gasteiger partial charge in [-0.3, -0.25) is 9.59 Å². The zero-order valence-corrected chi connectivity index (χ0v) is 11.9. The minimum absolute atomic E-state index is 0.00173. The zero-order valence-electron chi connectivity index (χ0n) is 11.9. The maximum Gasteiger partial charge on any atom is 0.305 e. The minimum atomic E-state index is -0.871. The molecule has 0 rings (SSSR count). The first-order valence-electron chi connectivity index (χ1n) is 6.39. The van der Waals surface area contributed by atoms with Crippen LogP contribution in [0.25, 0.3) is 0 Å². The summed E-state index contributed by atoms with van der Waals surface area (Å²) in [5, 5.41) is 8.71. The maximum absolute atomic E-state index is 12.2. The van der Waals surface area contributed by atoms with Gasteiger partial charge in [-0.25, -0.2) is 0 Å². The molecule has 104 valence electrons. The Hall–Kier alpha value is -1.32. The summed E-state index contributed by atoms with van der Waals surface area (Å²) in [7, 11) is 0. The highest BCUT2D eigenvalue weighted by Gasteiger charge is 2.21. The van der Waals surface area contributed by atoms with Gasteiger partial charge in [0, 0.05) is 19.0 Å². The first-order chi connectivity index (χ1) is 8.23. The summed E-state index contributed by atoms with van der Waals surface area (Å²) in [5.41, 5.74) is 0.971. The SMILES string of the molecule is C=C(C)CC(C)C(=O)N(CCC(=O)O)CC(C)C. The predicted octanol–water partition coefficient (Wildman–Crippen LogP) is 2.55. The van der Waals surface area contributed by atoms with Gasteiger partial charge in [-0.2, -0.15) is 0 Å². The Labute approximate surface area is 110 Å². The Morgan fingerprint density at radius 3 is 2.22 bits per heavy atom. The molecule has 1 atom stereocenters. The Kier molecular flexibility index (Phi) is 7.32. The van der Waals surface area contributed by atoms with Gasteiger partial charge in [0.1, 0.15) is 0 Å². The summed E-state index contributed by atoms with van der Waals surface area (Å²) >= 11 is 0. The molecule has 4 nitrogen and oxygen atoms in total. The number of carboxylic acid groups (broad SMARTS) is 1. The lowest BCUT2D eigenvalue weighted by atomic mass is 10.0. The van der Waals surface area contributed by atoms with Crippen molar-refractivity contribution in [3.05, 3.63) is 12.2 Å². The Morgan fingerprint density at radius 2 is 1.83 bits per heavy atom. The third-order valence-corrected chi connectivity index (χ3v) is 2.57. The van der Waals surface area contributed by atoms with Crippen LogP contribution < -0.4 is 0 Å². The summed E-state index contributed by atoms with van der Waals surface area (Å²) in [6, 6.07) is 0. The van der Waals surface area contributed by atoms with Crippen LogP contribution in [-0.4, -0.2) is 35.0 Å². The van der Waals surface area contributed by atoms with E-state index < -0.39 is 5.97 Å². The molecule has 0 saturated heterocycles. The number of hydrogen-bond acceptors (Lipinski definition) is 2. The largest absolute Gasteiger partial charge is 0.481 e. The van der Waals surface area contributed by atoms with E-state index in [0.29, 0.717) is 18.9 Å². The van der Waals surface area contributed by atoms with Gasteiger partial charge in [0.15, 0.2) is 0 Å². The van der Waals surface area contributed by atoms with Crippen LogP contribution in [-0.2, 0) is 9.59 Å².